The average Bonchev–Trinajstić information content (AvgIpc) is 2.62. The summed E-state index contributed by atoms with van der Waals surface area (Å²) in [5.74, 6) is -3.04. The number of hydrogen-bond donors (Lipinski definition) is 2. The molecule has 0 fully saturated rings. The molecule has 0 aliphatic heterocycles. The van der Waals surface area contributed by atoms with Gasteiger partial charge in [0.05, 0.1) is 0 Å². The molecule has 1 amide bonds. The van der Waals surface area contributed by atoms with Gasteiger partial charge in [-0.3, -0.25) is 4.79 Å². The Morgan fingerprint density at radius 1 is 1.11 bits per heavy atom. The van der Waals surface area contributed by atoms with Crippen molar-refractivity contribution in [2.45, 2.75) is 31.2 Å². The van der Waals surface area contributed by atoms with Crippen molar-refractivity contribution in [2.24, 2.45) is 0 Å². The van der Waals surface area contributed by atoms with Crippen molar-refractivity contribution in [1.29, 1.82) is 0 Å². The average molecular weight is 395 g/mol. The standard InChI is InChI=1S/C20H20F3NO4/c1-13-7-6-8-14(11-13)12-16(17(25)26)24-18(27)19(28-2,20(21,22)23)15-9-4-3-5-10-15/h3-11,16H,12H2,1-2H3,(H,24,27)(H,25,26)/t16-,19?/m1/s1. The summed E-state index contributed by atoms with van der Waals surface area (Å²) in [6.45, 7) is 1.80. The Morgan fingerprint density at radius 2 is 1.75 bits per heavy atom. The third kappa shape index (κ3) is 4.33. The number of carboxylic acid groups (broad SMARTS) is 1. The van der Waals surface area contributed by atoms with Crippen LogP contribution in [0.25, 0.3) is 0 Å². The molecule has 0 spiro atoms. The molecule has 5 nitrogen and oxygen atoms in total. The minimum Gasteiger partial charge on any atom is -0.480 e. The van der Waals surface area contributed by atoms with Crippen LogP contribution < -0.4 is 5.32 Å². The summed E-state index contributed by atoms with van der Waals surface area (Å²) in [6, 6.07) is 11.7. The number of carbonyl (C=O) groups excluding carboxylic acids is 1. The molecule has 2 aromatic rings. The first-order chi connectivity index (χ1) is 13.1. The maximum atomic E-state index is 13.9. The number of ether oxygens (including phenoxy) is 1. The van der Waals surface area contributed by atoms with Crippen LogP contribution in [0.15, 0.2) is 54.6 Å². The fourth-order valence-electron chi connectivity index (χ4n) is 2.96. The third-order valence-corrected chi connectivity index (χ3v) is 4.33. The zero-order valence-corrected chi connectivity index (χ0v) is 15.3. The maximum absolute atomic E-state index is 13.9. The largest absolute Gasteiger partial charge is 0.480 e. The fourth-order valence-corrected chi connectivity index (χ4v) is 2.96. The summed E-state index contributed by atoms with van der Waals surface area (Å²) < 4.78 is 46.4. The number of halogens is 3. The first-order valence-electron chi connectivity index (χ1n) is 8.38. The minimum atomic E-state index is -5.11. The molecule has 2 rings (SSSR count). The number of methoxy groups -OCH3 is 1. The van der Waals surface area contributed by atoms with E-state index in [0.717, 1.165) is 24.8 Å². The molecule has 0 aliphatic rings. The van der Waals surface area contributed by atoms with Gasteiger partial charge in [-0.25, -0.2) is 4.79 Å². The van der Waals surface area contributed by atoms with Crippen LogP contribution in [0.3, 0.4) is 0 Å². The van der Waals surface area contributed by atoms with Gasteiger partial charge in [0.2, 0.25) is 0 Å². The topological polar surface area (TPSA) is 75.6 Å². The molecular formula is C20H20F3NO4. The molecule has 8 heteroatoms. The van der Waals surface area contributed by atoms with E-state index in [2.05, 4.69) is 4.74 Å². The number of rotatable bonds is 7. The SMILES string of the molecule is COC(C(=O)N[C@H](Cc1cccc(C)c1)C(=O)O)(c1ccccc1)C(F)(F)F. The molecule has 0 heterocycles. The van der Waals surface area contributed by atoms with Gasteiger partial charge in [-0.1, -0.05) is 60.2 Å². The van der Waals surface area contributed by atoms with E-state index in [1.54, 1.807) is 31.2 Å². The van der Waals surface area contributed by atoms with E-state index in [-0.39, 0.29) is 6.42 Å². The van der Waals surface area contributed by atoms with Crippen LogP contribution in [-0.4, -0.2) is 36.3 Å². The van der Waals surface area contributed by atoms with Gasteiger partial charge in [0.15, 0.2) is 0 Å². The third-order valence-electron chi connectivity index (χ3n) is 4.33. The fraction of sp³-hybridized carbons (Fsp3) is 0.300. The van der Waals surface area contributed by atoms with Crippen LogP contribution in [0.1, 0.15) is 16.7 Å². The first kappa shape index (κ1) is 21.4. The van der Waals surface area contributed by atoms with Gasteiger partial charge in [0.1, 0.15) is 6.04 Å². The summed E-state index contributed by atoms with van der Waals surface area (Å²) in [4.78, 5) is 24.3. The lowest BCUT2D eigenvalue weighted by atomic mass is 9.91. The minimum absolute atomic E-state index is 0.171. The number of carbonyl (C=O) groups is 2. The number of aliphatic carboxylic acids is 1. The Morgan fingerprint density at radius 3 is 2.25 bits per heavy atom. The maximum Gasteiger partial charge on any atom is 0.430 e. The van der Waals surface area contributed by atoms with Gasteiger partial charge in [-0.05, 0) is 12.5 Å². The Balaban J connectivity index is 2.39. The van der Waals surface area contributed by atoms with E-state index in [1.807, 2.05) is 5.32 Å². The Labute approximate surface area is 160 Å². The number of carboxylic acids is 1. The monoisotopic (exact) mass is 395 g/mol. The highest BCUT2D eigenvalue weighted by Gasteiger charge is 2.63. The molecule has 2 N–H and O–H groups in total. The lowest BCUT2D eigenvalue weighted by Crippen LogP contribution is -2.59. The number of alkyl halides is 3. The zero-order chi connectivity index (χ0) is 20.9. The number of nitrogens with one attached hydrogen (secondary N) is 1. The summed E-state index contributed by atoms with van der Waals surface area (Å²) >= 11 is 0. The van der Waals surface area contributed by atoms with Gasteiger partial charge in [0.25, 0.3) is 11.5 Å². The van der Waals surface area contributed by atoms with Crippen molar-refractivity contribution in [3.8, 4) is 0 Å². The van der Waals surface area contributed by atoms with Gasteiger partial charge in [-0.2, -0.15) is 13.2 Å². The quantitative estimate of drug-likeness (QED) is 0.755. The van der Waals surface area contributed by atoms with Crippen LogP contribution in [-0.2, 0) is 26.3 Å². The predicted molar refractivity (Wildman–Crippen MR) is 95.6 cm³/mol. The summed E-state index contributed by atoms with van der Waals surface area (Å²) in [5, 5.41) is 11.4. The molecule has 0 radical (unpaired) electrons. The molecule has 28 heavy (non-hydrogen) atoms. The Kier molecular flexibility index (Phi) is 6.45. The first-order valence-corrected chi connectivity index (χ1v) is 8.38. The molecule has 0 aliphatic carbocycles. The molecule has 2 atom stereocenters. The summed E-state index contributed by atoms with van der Waals surface area (Å²) in [5.41, 5.74) is -2.34. The van der Waals surface area contributed by atoms with Crippen molar-refractivity contribution < 1.29 is 32.6 Å². The van der Waals surface area contributed by atoms with Crippen LogP contribution in [0, 0.1) is 6.92 Å². The molecule has 0 saturated carbocycles. The second-order valence-corrected chi connectivity index (χ2v) is 6.31. The molecule has 1 unspecified atom stereocenters. The molecule has 150 valence electrons. The number of aryl methyl sites for hydroxylation is 1. The van der Waals surface area contributed by atoms with Crippen molar-refractivity contribution in [3.63, 3.8) is 0 Å². The number of amides is 1. The Hall–Kier alpha value is -2.87. The normalized spacial score (nSPS) is 14.8. The molecule has 0 saturated heterocycles. The summed E-state index contributed by atoms with van der Waals surface area (Å²) in [7, 11) is 0.760. The van der Waals surface area contributed by atoms with Crippen LogP contribution in [0.4, 0.5) is 13.2 Å². The van der Waals surface area contributed by atoms with Crippen LogP contribution >= 0.6 is 0 Å². The lowest BCUT2D eigenvalue weighted by molar-refractivity contribution is -0.266. The van der Waals surface area contributed by atoms with Crippen molar-refractivity contribution in [1.82, 2.24) is 5.32 Å². The van der Waals surface area contributed by atoms with E-state index in [0.29, 0.717) is 5.56 Å². The molecule has 2 aromatic carbocycles. The van der Waals surface area contributed by atoms with Crippen molar-refractivity contribution >= 4 is 11.9 Å². The highest BCUT2D eigenvalue weighted by atomic mass is 19.4. The van der Waals surface area contributed by atoms with Crippen molar-refractivity contribution in [3.05, 3.63) is 71.3 Å². The molecular weight excluding hydrogens is 375 g/mol. The van der Waals surface area contributed by atoms with Gasteiger partial charge in [0, 0.05) is 19.1 Å². The van der Waals surface area contributed by atoms with E-state index in [9.17, 15) is 27.9 Å². The second-order valence-electron chi connectivity index (χ2n) is 6.31. The van der Waals surface area contributed by atoms with E-state index < -0.39 is 35.3 Å². The summed E-state index contributed by atoms with van der Waals surface area (Å²) in [6.07, 6.45) is -5.28. The smallest absolute Gasteiger partial charge is 0.430 e. The van der Waals surface area contributed by atoms with E-state index >= 15 is 0 Å². The van der Waals surface area contributed by atoms with Gasteiger partial charge in [-0.15, -0.1) is 0 Å². The lowest BCUT2D eigenvalue weighted by Gasteiger charge is -2.34. The number of hydrogen-bond acceptors (Lipinski definition) is 3. The van der Waals surface area contributed by atoms with Crippen LogP contribution in [0.2, 0.25) is 0 Å². The highest BCUT2D eigenvalue weighted by molar-refractivity contribution is 5.91. The Bertz CT molecular complexity index is 839. The second kappa shape index (κ2) is 8.43. The number of benzene rings is 2. The molecule has 0 aromatic heterocycles. The van der Waals surface area contributed by atoms with E-state index in [1.165, 1.54) is 18.2 Å². The van der Waals surface area contributed by atoms with E-state index in [4.69, 9.17) is 0 Å². The zero-order valence-electron chi connectivity index (χ0n) is 15.3. The highest BCUT2D eigenvalue weighted by Crippen LogP contribution is 2.42. The van der Waals surface area contributed by atoms with Gasteiger partial charge < -0.3 is 15.2 Å². The molecule has 0 bridgehead atoms. The van der Waals surface area contributed by atoms with Crippen molar-refractivity contribution in [2.75, 3.05) is 7.11 Å². The van der Waals surface area contributed by atoms with Crippen LogP contribution in [0.5, 0.6) is 0 Å². The predicted octanol–water partition coefficient (Wildman–Crippen LogP) is 3.21. The van der Waals surface area contributed by atoms with Gasteiger partial charge >= 0.3 is 12.1 Å².